The van der Waals surface area contributed by atoms with Gasteiger partial charge >= 0.3 is 5.97 Å². The molecule has 0 saturated carbocycles. The van der Waals surface area contributed by atoms with Gasteiger partial charge in [-0.3, -0.25) is 0 Å². The topological polar surface area (TPSA) is 37.3 Å². The predicted molar refractivity (Wildman–Crippen MR) is 50.1 cm³/mol. The number of aromatic carboxylic acids is 1. The van der Waals surface area contributed by atoms with Gasteiger partial charge in [0.1, 0.15) is 0 Å². The number of carbonyl (C=O) groups is 1. The second kappa shape index (κ2) is 3.19. The molecule has 2 nitrogen and oxygen atoms in total. The van der Waals surface area contributed by atoms with Crippen molar-refractivity contribution in [2.24, 2.45) is 0 Å². The van der Waals surface area contributed by atoms with Gasteiger partial charge in [0, 0.05) is 4.90 Å². The van der Waals surface area contributed by atoms with Crippen molar-refractivity contribution in [1.82, 2.24) is 0 Å². The second-order valence-electron chi connectivity index (χ2n) is 2.71. The van der Waals surface area contributed by atoms with Crippen molar-refractivity contribution in [3.8, 4) is 0 Å². The van der Waals surface area contributed by atoms with Crippen LogP contribution in [0.1, 0.15) is 21.5 Å². The van der Waals surface area contributed by atoms with Crippen molar-refractivity contribution in [2.45, 2.75) is 18.7 Å². The molecule has 1 aromatic rings. The lowest BCUT2D eigenvalue weighted by atomic mass is 10.1. The zero-order valence-corrected chi connectivity index (χ0v) is 7.85. The molecule has 0 bridgehead atoms. The molecule has 1 aromatic carbocycles. The van der Waals surface area contributed by atoms with E-state index in [2.05, 4.69) is 12.6 Å². The average Bonchev–Trinajstić information content (AvgIpc) is 2.00. The zero-order valence-electron chi connectivity index (χ0n) is 6.96. The third-order valence-corrected chi connectivity index (χ3v) is 2.51. The van der Waals surface area contributed by atoms with Crippen molar-refractivity contribution in [3.05, 3.63) is 28.8 Å². The van der Waals surface area contributed by atoms with Crippen LogP contribution >= 0.6 is 12.6 Å². The molecule has 1 rings (SSSR count). The highest BCUT2D eigenvalue weighted by atomic mass is 32.1. The third-order valence-electron chi connectivity index (χ3n) is 1.93. The maximum absolute atomic E-state index is 10.6. The number of benzene rings is 1. The van der Waals surface area contributed by atoms with Crippen molar-refractivity contribution in [1.29, 1.82) is 0 Å². The minimum absolute atomic E-state index is 0.265. The van der Waals surface area contributed by atoms with Gasteiger partial charge in [-0.15, -0.1) is 12.6 Å². The van der Waals surface area contributed by atoms with Crippen LogP contribution in [0, 0.1) is 13.8 Å². The Balaban J connectivity index is 3.36. The Labute approximate surface area is 76.6 Å². The molecule has 64 valence electrons. The van der Waals surface area contributed by atoms with Gasteiger partial charge in [0.05, 0.1) is 5.56 Å². The summed E-state index contributed by atoms with van der Waals surface area (Å²) in [6.45, 7) is 3.80. The number of thiol groups is 1. The Hall–Kier alpha value is -0.960. The molecule has 0 heterocycles. The first-order valence-corrected chi connectivity index (χ1v) is 4.01. The highest BCUT2D eigenvalue weighted by molar-refractivity contribution is 7.80. The molecule has 0 amide bonds. The van der Waals surface area contributed by atoms with Gasteiger partial charge in [-0.1, -0.05) is 6.07 Å². The van der Waals surface area contributed by atoms with E-state index in [-0.39, 0.29) is 5.56 Å². The minimum Gasteiger partial charge on any atom is -0.478 e. The van der Waals surface area contributed by atoms with Crippen LogP contribution in [0.4, 0.5) is 0 Å². The fourth-order valence-corrected chi connectivity index (χ4v) is 1.32. The van der Waals surface area contributed by atoms with Gasteiger partial charge in [-0.05, 0) is 31.0 Å². The maximum atomic E-state index is 10.6. The molecule has 0 unspecified atom stereocenters. The van der Waals surface area contributed by atoms with Gasteiger partial charge < -0.3 is 5.11 Å². The number of hydrogen-bond donors (Lipinski definition) is 2. The summed E-state index contributed by atoms with van der Waals surface area (Å²) in [5, 5.41) is 8.73. The molecular formula is C9H10O2S. The van der Waals surface area contributed by atoms with E-state index >= 15 is 0 Å². The Kier molecular flexibility index (Phi) is 2.43. The van der Waals surface area contributed by atoms with Crippen LogP contribution in [0.2, 0.25) is 0 Å². The van der Waals surface area contributed by atoms with Crippen LogP contribution in [0.25, 0.3) is 0 Å². The molecule has 0 aromatic heterocycles. The smallest absolute Gasteiger partial charge is 0.336 e. The molecule has 1 N–H and O–H groups in total. The molecule has 3 heteroatoms. The molecule has 0 aliphatic carbocycles. The van der Waals surface area contributed by atoms with Crippen molar-refractivity contribution < 1.29 is 9.90 Å². The fraction of sp³-hybridized carbons (Fsp3) is 0.222. The summed E-state index contributed by atoms with van der Waals surface area (Å²) in [6.07, 6.45) is 0. The van der Waals surface area contributed by atoms with E-state index in [1.54, 1.807) is 12.1 Å². The molecule has 0 aliphatic heterocycles. The summed E-state index contributed by atoms with van der Waals surface area (Å²) < 4.78 is 0. The summed E-state index contributed by atoms with van der Waals surface area (Å²) in [4.78, 5) is 11.2. The van der Waals surface area contributed by atoms with Gasteiger partial charge in [0.25, 0.3) is 0 Å². The van der Waals surface area contributed by atoms with E-state index in [9.17, 15) is 4.79 Å². The monoisotopic (exact) mass is 182 g/mol. The Morgan fingerprint density at radius 1 is 1.42 bits per heavy atom. The van der Waals surface area contributed by atoms with E-state index in [1.165, 1.54) is 0 Å². The van der Waals surface area contributed by atoms with E-state index in [4.69, 9.17) is 5.11 Å². The van der Waals surface area contributed by atoms with Gasteiger partial charge in [0.2, 0.25) is 0 Å². The lowest BCUT2D eigenvalue weighted by Gasteiger charge is -2.05. The van der Waals surface area contributed by atoms with E-state index in [0.717, 1.165) is 11.1 Å². The van der Waals surface area contributed by atoms with Crippen LogP contribution in [0.15, 0.2) is 17.0 Å². The van der Waals surface area contributed by atoms with Gasteiger partial charge in [-0.2, -0.15) is 0 Å². The second-order valence-corrected chi connectivity index (χ2v) is 3.16. The largest absolute Gasteiger partial charge is 0.478 e. The number of rotatable bonds is 1. The van der Waals surface area contributed by atoms with Crippen LogP contribution in [0.3, 0.4) is 0 Å². The third kappa shape index (κ3) is 1.46. The fourth-order valence-electron chi connectivity index (χ4n) is 0.974. The highest BCUT2D eigenvalue weighted by Crippen LogP contribution is 2.21. The summed E-state index contributed by atoms with van der Waals surface area (Å²) in [6, 6.07) is 3.37. The highest BCUT2D eigenvalue weighted by Gasteiger charge is 2.09. The Morgan fingerprint density at radius 2 is 2.00 bits per heavy atom. The van der Waals surface area contributed by atoms with E-state index in [1.807, 2.05) is 13.8 Å². The van der Waals surface area contributed by atoms with Crippen molar-refractivity contribution in [3.63, 3.8) is 0 Å². The Bertz CT molecular complexity index is 332. The average molecular weight is 182 g/mol. The van der Waals surface area contributed by atoms with Gasteiger partial charge in [-0.25, -0.2) is 4.79 Å². The molecule has 0 radical (unpaired) electrons. The molecule has 0 aliphatic rings. The first-order chi connectivity index (χ1) is 5.54. The first-order valence-electron chi connectivity index (χ1n) is 3.56. The first kappa shape index (κ1) is 9.13. The SMILES string of the molecule is Cc1ccc(C(=O)O)c(S)c1C. The quantitative estimate of drug-likeness (QED) is 0.654. The zero-order chi connectivity index (χ0) is 9.30. The Morgan fingerprint density at radius 3 is 2.50 bits per heavy atom. The number of hydrogen-bond acceptors (Lipinski definition) is 2. The molecule has 12 heavy (non-hydrogen) atoms. The van der Waals surface area contributed by atoms with Crippen LogP contribution < -0.4 is 0 Å². The van der Waals surface area contributed by atoms with Crippen LogP contribution in [-0.2, 0) is 0 Å². The molecule has 0 spiro atoms. The van der Waals surface area contributed by atoms with E-state index < -0.39 is 5.97 Å². The van der Waals surface area contributed by atoms with Gasteiger partial charge in [0.15, 0.2) is 0 Å². The molecular weight excluding hydrogens is 172 g/mol. The maximum Gasteiger partial charge on any atom is 0.336 e. The minimum atomic E-state index is -0.928. The number of carboxylic acids is 1. The number of carboxylic acid groups (broad SMARTS) is 1. The summed E-state index contributed by atoms with van der Waals surface area (Å²) >= 11 is 4.14. The van der Waals surface area contributed by atoms with Crippen molar-refractivity contribution in [2.75, 3.05) is 0 Å². The number of aryl methyl sites for hydroxylation is 1. The lowest BCUT2D eigenvalue weighted by molar-refractivity contribution is 0.0693. The van der Waals surface area contributed by atoms with Crippen LogP contribution in [0.5, 0.6) is 0 Å². The normalized spacial score (nSPS) is 9.92. The molecule has 0 saturated heterocycles. The van der Waals surface area contributed by atoms with Crippen molar-refractivity contribution >= 4 is 18.6 Å². The standard InChI is InChI=1S/C9H10O2S/c1-5-3-4-7(9(10)11)8(12)6(5)2/h3-4,12H,1-2H3,(H,10,11). The summed E-state index contributed by atoms with van der Waals surface area (Å²) in [7, 11) is 0. The summed E-state index contributed by atoms with van der Waals surface area (Å²) in [5.74, 6) is -0.928. The predicted octanol–water partition coefficient (Wildman–Crippen LogP) is 2.29. The van der Waals surface area contributed by atoms with E-state index in [0.29, 0.717) is 4.90 Å². The van der Waals surface area contributed by atoms with Crippen LogP contribution in [-0.4, -0.2) is 11.1 Å². The summed E-state index contributed by atoms with van der Waals surface area (Å²) in [5.41, 5.74) is 2.25. The molecule has 0 fully saturated rings. The lowest BCUT2D eigenvalue weighted by Crippen LogP contribution is -2.00. The molecule has 0 atom stereocenters.